The molecule has 2 N–H and O–H groups in total. The van der Waals surface area contributed by atoms with Crippen molar-refractivity contribution in [2.75, 3.05) is 7.11 Å². The zero-order chi connectivity index (χ0) is 16.9. The number of carbonyl (C=O) groups excluding carboxylic acids is 2. The molecule has 1 heterocycles. The average molecular weight is 324 g/mol. The number of amides is 3. The van der Waals surface area contributed by atoms with Crippen molar-refractivity contribution in [2.24, 2.45) is 0 Å². The highest BCUT2D eigenvalue weighted by Crippen LogP contribution is 2.29. The van der Waals surface area contributed by atoms with Crippen LogP contribution in [0.15, 0.2) is 54.2 Å². The lowest BCUT2D eigenvalue weighted by atomic mass is 10.1. The number of ether oxygens (including phenoxy) is 2. The average Bonchev–Trinajstić information content (AvgIpc) is 2.91. The first-order chi connectivity index (χ1) is 11.7. The first-order valence-electron chi connectivity index (χ1n) is 7.34. The summed E-state index contributed by atoms with van der Waals surface area (Å²) in [5.41, 5.74) is 1.94. The highest BCUT2D eigenvalue weighted by molar-refractivity contribution is 6.14. The van der Waals surface area contributed by atoms with Crippen molar-refractivity contribution in [1.82, 2.24) is 10.6 Å². The number of hydrogen-bond acceptors (Lipinski definition) is 4. The van der Waals surface area contributed by atoms with E-state index in [1.165, 1.54) is 0 Å². The lowest BCUT2D eigenvalue weighted by Gasteiger charge is -2.11. The Hall–Kier alpha value is -3.28. The molecule has 0 bridgehead atoms. The van der Waals surface area contributed by atoms with E-state index in [-0.39, 0.29) is 5.70 Å². The Morgan fingerprint density at radius 1 is 1.00 bits per heavy atom. The summed E-state index contributed by atoms with van der Waals surface area (Å²) < 4.78 is 11.1. The van der Waals surface area contributed by atoms with Crippen molar-refractivity contribution >= 4 is 18.0 Å². The zero-order valence-electron chi connectivity index (χ0n) is 13.0. The van der Waals surface area contributed by atoms with Crippen LogP contribution in [0.2, 0.25) is 0 Å². The van der Waals surface area contributed by atoms with Gasteiger partial charge >= 0.3 is 6.03 Å². The van der Waals surface area contributed by atoms with Crippen molar-refractivity contribution in [3.63, 3.8) is 0 Å². The second-order valence-electron chi connectivity index (χ2n) is 5.15. The largest absolute Gasteiger partial charge is 0.493 e. The van der Waals surface area contributed by atoms with Gasteiger partial charge in [-0.3, -0.25) is 10.1 Å². The first kappa shape index (κ1) is 15.6. The Balaban J connectivity index is 1.81. The number of benzene rings is 2. The van der Waals surface area contributed by atoms with E-state index >= 15 is 0 Å². The van der Waals surface area contributed by atoms with E-state index in [0.29, 0.717) is 23.7 Å². The maximum atomic E-state index is 11.6. The maximum Gasteiger partial charge on any atom is 0.326 e. The fourth-order valence-electron chi connectivity index (χ4n) is 2.28. The van der Waals surface area contributed by atoms with Gasteiger partial charge in [0.2, 0.25) is 0 Å². The number of imide groups is 1. The Morgan fingerprint density at radius 3 is 2.46 bits per heavy atom. The monoisotopic (exact) mass is 324 g/mol. The smallest absolute Gasteiger partial charge is 0.326 e. The van der Waals surface area contributed by atoms with E-state index in [2.05, 4.69) is 10.6 Å². The van der Waals surface area contributed by atoms with Gasteiger partial charge in [0, 0.05) is 0 Å². The summed E-state index contributed by atoms with van der Waals surface area (Å²) in [5.74, 6) is 0.691. The molecule has 0 aliphatic carbocycles. The molecule has 2 aromatic rings. The molecule has 3 rings (SSSR count). The van der Waals surface area contributed by atoms with Crippen molar-refractivity contribution in [3.8, 4) is 11.5 Å². The van der Waals surface area contributed by atoms with Crippen LogP contribution in [-0.4, -0.2) is 19.0 Å². The third-order valence-electron chi connectivity index (χ3n) is 3.46. The normalized spacial score (nSPS) is 15.1. The molecule has 6 heteroatoms. The van der Waals surface area contributed by atoms with Gasteiger partial charge in [-0.15, -0.1) is 0 Å². The minimum atomic E-state index is -0.527. The van der Waals surface area contributed by atoms with Crippen LogP contribution in [0.1, 0.15) is 11.1 Å². The summed E-state index contributed by atoms with van der Waals surface area (Å²) in [6, 6.07) is 14.5. The lowest BCUT2D eigenvalue weighted by molar-refractivity contribution is -0.115. The highest BCUT2D eigenvalue weighted by atomic mass is 16.5. The fraction of sp³-hybridized carbons (Fsp3) is 0.111. The van der Waals surface area contributed by atoms with Gasteiger partial charge in [0.15, 0.2) is 11.5 Å². The SMILES string of the molecule is COc1ccc(/C=C2/NC(=O)NC2=O)cc1OCc1ccccc1. The molecular formula is C18H16N2O4. The summed E-state index contributed by atoms with van der Waals surface area (Å²) in [6.07, 6.45) is 1.58. The van der Waals surface area contributed by atoms with Crippen LogP contribution in [0.3, 0.4) is 0 Å². The molecule has 0 radical (unpaired) electrons. The van der Waals surface area contributed by atoms with E-state index in [4.69, 9.17) is 9.47 Å². The minimum absolute atomic E-state index is 0.194. The molecule has 24 heavy (non-hydrogen) atoms. The van der Waals surface area contributed by atoms with Crippen molar-refractivity contribution < 1.29 is 19.1 Å². The van der Waals surface area contributed by atoms with E-state index in [1.54, 1.807) is 31.4 Å². The van der Waals surface area contributed by atoms with Gasteiger partial charge in [-0.05, 0) is 29.3 Å². The molecule has 6 nitrogen and oxygen atoms in total. The van der Waals surface area contributed by atoms with E-state index in [1.807, 2.05) is 30.3 Å². The molecule has 0 unspecified atom stereocenters. The van der Waals surface area contributed by atoms with Gasteiger partial charge in [-0.2, -0.15) is 0 Å². The number of rotatable bonds is 5. The third kappa shape index (κ3) is 3.55. The second kappa shape index (κ2) is 6.87. The van der Waals surface area contributed by atoms with Gasteiger partial charge in [-0.1, -0.05) is 36.4 Å². The number of nitrogens with one attached hydrogen (secondary N) is 2. The molecule has 0 atom stereocenters. The molecule has 122 valence electrons. The van der Waals surface area contributed by atoms with E-state index in [0.717, 1.165) is 5.56 Å². The van der Waals surface area contributed by atoms with Crippen LogP contribution in [0.4, 0.5) is 4.79 Å². The summed E-state index contributed by atoms with van der Waals surface area (Å²) in [4.78, 5) is 22.7. The van der Waals surface area contributed by atoms with Crippen molar-refractivity contribution in [3.05, 3.63) is 65.4 Å². The number of urea groups is 1. The summed E-state index contributed by atoms with van der Waals surface area (Å²) >= 11 is 0. The number of carbonyl (C=O) groups is 2. The number of hydrogen-bond donors (Lipinski definition) is 2. The van der Waals surface area contributed by atoms with E-state index in [9.17, 15) is 9.59 Å². The Morgan fingerprint density at radius 2 is 1.79 bits per heavy atom. The minimum Gasteiger partial charge on any atom is -0.493 e. The molecule has 1 aliphatic heterocycles. The first-order valence-corrected chi connectivity index (χ1v) is 7.34. The Labute approximate surface area is 139 Å². The Kier molecular flexibility index (Phi) is 4.47. The summed E-state index contributed by atoms with van der Waals surface area (Å²) in [6.45, 7) is 0.397. The Bertz CT molecular complexity index is 800. The zero-order valence-corrected chi connectivity index (χ0v) is 13.0. The van der Waals surface area contributed by atoms with Gasteiger partial charge in [0.1, 0.15) is 12.3 Å². The second-order valence-corrected chi connectivity index (χ2v) is 5.15. The van der Waals surface area contributed by atoms with Crippen LogP contribution in [0.5, 0.6) is 11.5 Å². The van der Waals surface area contributed by atoms with Gasteiger partial charge in [-0.25, -0.2) is 4.79 Å². The van der Waals surface area contributed by atoms with Crippen LogP contribution in [0.25, 0.3) is 6.08 Å². The molecule has 0 aromatic heterocycles. The molecule has 0 spiro atoms. The maximum absolute atomic E-state index is 11.6. The highest BCUT2D eigenvalue weighted by Gasteiger charge is 2.22. The van der Waals surface area contributed by atoms with Gasteiger partial charge < -0.3 is 14.8 Å². The van der Waals surface area contributed by atoms with Crippen LogP contribution in [-0.2, 0) is 11.4 Å². The molecule has 1 fully saturated rings. The molecule has 0 saturated carbocycles. The van der Waals surface area contributed by atoms with Crippen molar-refractivity contribution in [2.45, 2.75) is 6.61 Å². The molecular weight excluding hydrogens is 308 g/mol. The number of methoxy groups -OCH3 is 1. The fourth-order valence-corrected chi connectivity index (χ4v) is 2.28. The lowest BCUT2D eigenvalue weighted by Crippen LogP contribution is -2.22. The molecule has 1 saturated heterocycles. The molecule has 1 aliphatic rings. The third-order valence-corrected chi connectivity index (χ3v) is 3.46. The topological polar surface area (TPSA) is 76.7 Å². The van der Waals surface area contributed by atoms with Gasteiger partial charge in [0.25, 0.3) is 5.91 Å². The van der Waals surface area contributed by atoms with Crippen molar-refractivity contribution in [1.29, 1.82) is 0 Å². The standard InChI is InChI=1S/C18H16N2O4/c1-23-15-8-7-13(9-14-17(21)20-18(22)19-14)10-16(15)24-11-12-5-3-2-4-6-12/h2-10H,11H2,1H3,(H2,19,20,21,22)/b14-9+. The predicted molar refractivity (Wildman–Crippen MR) is 88.4 cm³/mol. The van der Waals surface area contributed by atoms with Crippen LogP contribution in [0, 0.1) is 0 Å². The molecule has 3 amide bonds. The van der Waals surface area contributed by atoms with Crippen LogP contribution < -0.4 is 20.1 Å². The summed E-state index contributed by atoms with van der Waals surface area (Å²) in [7, 11) is 1.56. The molecule has 2 aromatic carbocycles. The van der Waals surface area contributed by atoms with Crippen LogP contribution >= 0.6 is 0 Å². The predicted octanol–water partition coefficient (Wildman–Crippen LogP) is 2.45. The quantitative estimate of drug-likeness (QED) is 0.654. The van der Waals surface area contributed by atoms with E-state index < -0.39 is 11.9 Å². The summed E-state index contributed by atoms with van der Waals surface area (Å²) in [5, 5.41) is 4.61. The van der Waals surface area contributed by atoms with Gasteiger partial charge in [0.05, 0.1) is 7.11 Å².